The molecule has 0 fully saturated rings. The molecule has 3 rings (SSSR count). The van der Waals surface area contributed by atoms with Gasteiger partial charge < -0.3 is 15.4 Å². The molecular weight excluding hydrogens is 268 g/mol. The zero-order valence-corrected chi connectivity index (χ0v) is 11.0. The summed E-state index contributed by atoms with van der Waals surface area (Å²) in [4.78, 5) is 25.9. The Balaban J connectivity index is 1.80. The van der Waals surface area contributed by atoms with Crippen LogP contribution in [-0.2, 0) is 0 Å². The van der Waals surface area contributed by atoms with E-state index in [4.69, 9.17) is 5.11 Å². The lowest BCUT2D eigenvalue weighted by molar-refractivity contribution is 0.0696. The molecule has 0 atom stereocenters. The molecule has 3 aromatic rings. The third-order valence-corrected chi connectivity index (χ3v) is 3.16. The lowest BCUT2D eigenvalue weighted by atomic mass is 10.2. The van der Waals surface area contributed by atoms with Crippen LogP contribution in [0.25, 0.3) is 10.9 Å². The fourth-order valence-electron chi connectivity index (χ4n) is 2.09. The summed E-state index contributed by atoms with van der Waals surface area (Å²) in [5.74, 6) is -1.27. The van der Waals surface area contributed by atoms with Crippen molar-refractivity contribution in [2.45, 2.75) is 0 Å². The molecule has 1 aromatic heterocycles. The number of hydrogen-bond donors (Lipinski definition) is 3. The summed E-state index contributed by atoms with van der Waals surface area (Å²) in [6.07, 6.45) is 0. The van der Waals surface area contributed by atoms with Crippen molar-refractivity contribution < 1.29 is 14.7 Å². The van der Waals surface area contributed by atoms with Gasteiger partial charge in [-0.2, -0.15) is 0 Å². The molecule has 3 N–H and O–H groups in total. The molecule has 5 heteroatoms. The molecule has 1 amide bonds. The molecule has 0 spiro atoms. The van der Waals surface area contributed by atoms with E-state index in [-0.39, 0.29) is 11.5 Å². The second-order valence-corrected chi connectivity index (χ2v) is 4.61. The third kappa shape index (κ3) is 2.62. The maximum absolute atomic E-state index is 12.1. The van der Waals surface area contributed by atoms with Gasteiger partial charge in [0.1, 0.15) is 5.69 Å². The van der Waals surface area contributed by atoms with E-state index in [1.54, 1.807) is 18.2 Å². The molecule has 0 aliphatic carbocycles. The fourth-order valence-corrected chi connectivity index (χ4v) is 2.09. The predicted molar refractivity (Wildman–Crippen MR) is 79.7 cm³/mol. The largest absolute Gasteiger partial charge is 0.478 e. The summed E-state index contributed by atoms with van der Waals surface area (Å²) in [7, 11) is 0. The van der Waals surface area contributed by atoms with Gasteiger partial charge >= 0.3 is 5.97 Å². The quantitative estimate of drug-likeness (QED) is 0.689. The molecule has 0 radical (unpaired) electrons. The smallest absolute Gasteiger partial charge is 0.335 e. The normalized spacial score (nSPS) is 10.5. The minimum absolute atomic E-state index is 0.179. The van der Waals surface area contributed by atoms with Gasteiger partial charge in [-0.1, -0.05) is 18.2 Å². The van der Waals surface area contributed by atoms with Crippen molar-refractivity contribution in [3.8, 4) is 0 Å². The molecule has 5 nitrogen and oxygen atoms in total. The Morgan fingerprint density at radius 2 is 1.71 bits per heavy atom. The van der Waals surface area contributed by atoms with E-state index in [1.165, 1.54) is 12.1 Å². The number of aromatic nitrogens is 1. The van der Waals surface area contributed by atoms with Crippen LogP contribution in [0.5, 0.6) is 0 Å². The van der Waals surface area contributed by atoms with Crippen LogP contribution < -0.4 is 5.32 Å². The first-order valence-electron chi connectivity index (χ1n) is 6.36. The van der Waals surface area contributed by atoms with E-state index in [0.717, 1.165) is 10.9 Å². The van der Waals surface area contributed by atoms with Crippen molar-refractivity contribution in [3.05, 3.63) is 65.9 Å². The molecule has 104 valence electrons. The van der Waals surface area contributed by atoms with E-state index in [0.29, 0.717) is 11.4 Å². The van der Waals surface area contributed by atoms with Crippen LogP contribution in [0.2, 0.25) is 0 Å². The first-order chi connectivity index (χ1) is 10.1. The van der Waals surface area contributed by atoms with Crippen LogP contribution in [0.4, 0.5) is 5.69 Å². The Labute approximate surface area is 120 Å². The number of carbonyl (C=O) groups is 2. The maximum atomic E-state index is 12.1. The highest BCUT2D eigenvalue weighted by Gasteiger charge is 2.10. The van der Waals surface area contributed by atoms with Crippen LogP contribution in [0.15, 0.2) is 54.6 Å². The van der Waals surface area contributed by atoms with Crippen molar-refractivity contribution in [2.24, 2.45) is 0 Å². The minimum Gasteiger partial charge on any atom is -0.478 e. The highest BCUT2D eigenvalue weighted by molar-refractivity contribution is 6.06. The summed E-state index contributed by atoms with van der Waals surface area (Å²) in [6.45, 7) is 0. The van der Waals surface area contributed by atoms with Gasteiger partial charge in [-0.25, -0.2) is 4.79 Å². The maximum Gasteiger partial charge on any atom is 0.335 e. The molecule has 2 aromatic carbocycles. The Kier molecular flexibility index (Phi) is 3.16. The molecule has 0 aliphatic rings. The number of carboxylic acid groups (broad SMARTS) is 1. The SMILES string of the molecule is O=C(O)c1ccc(NC(=O)c2cc3ccccc3[nH]2)cc1. The molecule has 1 heterocycles. The van der Waals surface area contributed by atoms with Crippen molar-refractivity contribution in [1.82, 2.24) is 4.98 Å². The van der Waals surface area contributed by atoms with Crippen LogP contribution >= 0.6 is 0 Å². The molecule has 0 aliphatic heterocycles. The number of nitrogens with one attached hydrogen (secondary N) is 2. The highest BCUT2D eigenvalue weighted by Crippen LogP contribution is 2.16. The second-order valence-electron chi connectivity index (χ2n) is 4.61. The number of anilines is 1. The topological polar surface area (TPSA) is 82.2 Å². The average molecular weight is 280 g/mol. The van der Waals surface area contributed by atoms with Crippen molar-refractivity contribution in [2.75, 3.05) is 5.32 Å². The van der Waals surface area contributed by atoms with E-state index in [9.17, 15) is 9.59 Å². The van der Waals surface area contributed by atoms with Gasteiger partial charge in [0.15, 0.2) is 0 Å². The van der Waals surface area contributed by atoms with Gasteiger partial charge in [-0.15, -0.1) is 0 Å². The van der Waals surface area contributed by atoms with E-state index in [2.05, 4.69) is 10.3 Å². The van der Waals surface area contributed by atoms with Crippen LogP contribution in [0.1, 0.15) is 20.8 Å². The van der Waals surface area contributed by atoms with Crippen molar-refractivity contribution in [1.29, 1.82) is 0 Å². The number of benzene rings is 2. The lowest BCUT2D eigenvalue weighted by Crippen LogP contribution is -2.12. The molecule has 0 unspecified atom stereocenters. The number of H-pyrrole nitrogens is 1. The van der Waals surface area contributed by atoms with Crippen molar-refractivity contribution in [3.63, 3.8) is 0 Å². The van der Waals surface area contributed by atoms with Gasteiger partial charge in [-0.05, 0) is 36.4 Å². The van der Waals surface area contributed by atoms with E-state index >= 15 is 0 Å². The van der Waals surface area contributed by atoms with Gasteiger partial charge in [-0.3, -0.25) is 4.79 Å². The number of para-hydroxylation sites is 1. The monoisotopic (exact) mass is 280 g/mol. The highest BCUT2D eigenvalue weighted by atomic mass is 16.4. The number of aromatic carboxylic acids is 1. The van der Waals surface area contributed by atoms with Crippen molar-refractivity contribution >= 4 is 28.5 Å². The van der Waals surface area contributed by atoms with Gasteiger partial charge in [0.25, 0.3) is 5.91 Å². The predicted octanol–water partition coefficient (Wildman–Crippen LogP) is 3.12. The Bertz CT molecular complexity index is 786. The second kappa shape index (κ2) is 5.13. The Hall–Kier alpha value is -3.08. The third-order valence-electron chi connectivity index (χ3n) is 3.16. The number of amides is 1. The lowest BCUT2D eigenvalue weighted by Gasteiger charge is -2.03. The fraction of sp³-hybridized carbons (Fsp3) is 0. The number of carboxylic acids is 1. The van der Waals surface area contributed by atoms with Gasteiger partial charge in [0, 0.05) is 16.6 Å². The summed E-state index contributed by atoms with van der Waals surface area (Å²) in [5, 5.41) is 12.5. The number of rotatable bonds is 3. The molecular formula is C16H12N2O3. The standard InChI is InChI=1S/C16H12N2O3/c19-15(14-9-11-3-1-2-4-13(11)18-14)17-12-7-5-10(6-8-12)16(20)21/h1-9,18H,(H,17,19)(H,20,21). The molecule has 21 heavy (non-hydrogen) atoms. The number of fused-ring (bicyclic) bond motifs is 1. The first kappa shape index (κ1) is 12.9. The summed E-state index contributed by atoms with van der Waals surface area (Å²) in [5.41, 5.74) is 2.07. The Morgan fingerprint density at radius 1 is 1.00 bits per heavy atom. The first-order valence-corrected chi connectivity index (χ1v) is 6.36. The summed E-state index contributed by atoms with van der Waals surface area (Å²) in [6, 6.07) is 15.4. The summed E-state index contributed by atoms with van der Waals surface area (Å²) >= 11 is 0. The zero-order valence-electron chi connectivity index (χ0n) is 11.0. The molecule has 0 saturated carbocycles. The zero-order chi connectivity index (χ0) is 14.8. The van der Waals surface area contributed by atoms with Gasteiger partial charge in [0.05, 0.1) is 5.56 Å². The Morgan fingerprint density at radius 3 is 2.38 bits per heavy atom. The average Bonchev–Trinajstić information content (AvgIpc) is 2.92. The van der Waals surface area contributed by atoms with E-state index < -0.39 is 5.97 Å². The minimum atomic E-state index is -0.997. The van der Waals surface area contributed by atoms with Crippen LogP contribution in [0.3, 0.4) is 0 Å². The summed E-state index contributed by atoms with van der Waals surface area (Å²) < 4.78 is 0. The number of aromatic amines is 1. The van der Waals surface area contributed by atoms with E-state index in [1.807, 2.05) is 24.3 Å². The van der Waals surface area contributed by atoms with Crippen LogP contribution in [-0.4, -0.2) is 22.0 Å². The molecule has 0 bridgehead atoms. The molecule has 0 saturated heterocycles. The number of carbonyl (C=O) groups excluding carboxylic acids is 1. The number of hydrogen-bond acceptors (Lipinski definition) is 2. The van der Waals surface area contributed by atoms with Gasteiger partial charge in [0.2, 0.25) is 0 Å². The van der Waals surface area contributed by atoms with Crippen LogP contribution in [0, 0.1) is 0 Å².